The Kier molecular flexibility index (Phi) is 4.63. The number of nitrogens with one attached hydrogen (secondary N) is 1. The maximum Gasteiger partial charge on any atom is 0.120 e. The third kappa shape index (κ3) is 3.51. The number of hydrogen-bond donors (Lipinski definition) is 2. The monoisotopic (exact) mass is 275 g/mol. The minimum Gasteiger partial charge on any atom is -0.508 e. The second-order valence-corrected chi connectivity index (χ2v) is 4.87. The van der Waals surface area contributed by atoms with Crippen LogP contribution in [0.3, 0.4) is 0 Å². The molecule has 0 bridgehead atoms. The van der Waals surface area contributed by atoms with Gasteiger partial charge in [0, 0.05) is 24.8 Å². The number of phenolic OH excluding ortho intramolecular Hbond substituents is 1. The molecule has 1 heterocycles. The van der Waals surface area contributed by atoms with Gasteiger partial charge in [-0.05, 0) is 43.7 Å². The summed E-state index contributed by atoms with van der Waals surface area (Å²) in [5.41, 5.74) is 2.04. The van der Waals surface area contributed by atoms with Gasteiger partial charge in [-0.15, -0.1) is 0 Å². The fourth-order valence-corrected chi connectivity index (χ4v) is 2.15. The van der Waals surface area contributed by atoms with Crippen LogP contribution >= 0.6 is 0 Å². The Balaban J connectivity index is 1.92. The molecule has 1 atom stereocenters. The summed E-state index contributed by atoms with van der Waals surface area (Å²) in [5.74, 6) is 1.03. The van der Waals surface area contributed by atoms with Crippen LogP contribution in [0.1, 0.15) is 24.1 Å². The number of phenols is 1. The van der Waals surface area contributed by atoms with E-state index in [1.807, 2.05) is 32.4 Å². The van der Waals surface area contributed by atoms with E-state index in [0.717, 1.165) is 24.3 Å². The van der Waals surface area contributed by atoms with Crippen LogP contribution in [0.4, 0.5) is 0 Å². The summed E-state index contributed by atoms with van der Waals surface area (Å²) in [5, 5.41) is 17.4. The molecule has 1 aromatic heterocycles. The van der Waals surface area contributed by atoms with Gasteiger partial charge in [-0.2, -0.15) is 5.10 Å². The lowest BCUT2D eigenvalue weighted by Gasteiger charge is -2.16. The molecule has 2 rings (SSSR count). The zero-order valence-corrected chi connectivity index (χ0v) is 12.1. The number of rotatable bonds is 6. The molecule has 0 amide bonds. The first-order chi connectivity index (χ1) is 9.60. The average molecular weight is 275 g/mol. The summed E-state index contributed by atoms with van der Waals surface area (Å²) in [7, 11) is 3.53. The highest BCUT2D eigenvalue weighted by molar-refractivity contribution is 5.41. The van der Waals surface area contributed by atoms with E-state index >= 15 is 0 Å². The number of nitrogens with zero attached hydrogens (tertiary/aromatic N) is 2. The van der Waals surface area contributed by atoms with Gasteiger partial charge in [-0.3, -0.25) is 4.68 Å². The lowest BCUT2D eigenvalue weighted by atomic mass is 10.1. The van der Waals surface area contributed by atoms with Crippen molar-refractivity contribution in [3.8, 4) is 11.5 Å². The zero-order chi connectivity index (χ0) is 14.5. The highest BCUT2D eigenvalue weighted by atomic mass is 16.5. The van der Waals surface area contributed by atoms with Crippen LogP contribution in [0.15, 0.2) is 30.6 Å². The van der Waals surface area contributed by atoms with E-state index in [9.17, 15) is 5.11 Å². The Morgan fingerprint density at radius 2 is 2.25 bits per heavy atom. The molecule has 0 saturated carbocycles. The van der Waals surface area contributed by atoms with Crippen molar-refractivity contribution in [1.29, 1.82) is 0 Å². The standard InChI is InChI=1S/C15H21N3O2/c1-11(14-8-13(20-3)4-5-15(14)19)16-7-6-12-9-17-18(2)10-12/h4-5,8-11,16,19H,6-7H2,1-3H3. The van der Waals surface area contributed by atoms with Gasteiger partial charge in [0.25, 0.3) is 0 Å². The van der Waals surface area contributed by atoms with Crippen molar-refractivity contribution in [2.45, 2.75) is 19.4 Å². The first kappa shape index (κ1) is 14.4. The van der Waals surface area contributed by atoms with Gasteiger partial charge in [-0.25, -0.2) is 0 Å². The topological polar surface area (TPSA) is 59.3 Å². The summed E-state index contributed by atoms with van der Waals surface area (Å²) in [6, 6.07) is 5.33. The van der Waals surface area contributed by atoms with E-state index in [1.54, 1.807) is 23.9 Å². The number of methoxy groups -OCH3 is 1. The van der Waals surface area contributed by atoms with Gasteiger partial charge >= 0.3 is 0 Å². The van der Waals surface area contributed by atoms with Crippen LogP contribution in [-0.4, -0.2) is 28.5 Å². The first-order valence-electron chi connectivity index (χ1n) is 6.68. The minimum absolute atomic E-state index is 0.0572. The molecule has 5 nitrogen and oxygen atoms in total. The molecule has 0 aliphatic rings. The third-order valence-corrected chi connectivity index (χ3v) is 3.32. The van der Waals surface area contributed by atoms with Crippen LogP contribution in [-0.2, 0) is 13.5 Å². The fourth-order valence-electron chi connectivity index (χ4n) is 2.15. The number of ether oxygens (including phenoxy) is 1. The van der Waals surface area contributed by atoms with Crippen LogP contribution in [0, 0.1) is 0 Å². The summed E-state index contributed by atoms with van der Waals surface area (Å²) in [6.45, 7) is 2.85. The number of aromatic hydroxyl groups is 1. The average Bonchev–Trinajstić information content (AvgIpc) is 2.85. The van der Waals surface area contributed by atoms with E-state index in [4.69, 9.17) is 4.74 Å². The molecule has 5 heteroatoms. The van der Waals surface area contributed by atoms with Crippen LogP contribution < -0.4 is 10.1 Å². The second kappa shape index (κ2) is 6.43. The number of benzene rings is 1. The van der Waals surface area contributed by atoms with E-state index in [0.29, 0.717) is 0 Å². The van der Waals surface area contributed by atoms with Crippen molar-refractivity contribution in [2.24, 2.45) is 7.05 Å². The number of aromatic nitrogens is 2. The van der Waals surface area contributed by atoms with Crippen LogP contribution in [0.25, 0.3) is 0 Å². The molecule has 2 N–H and O–H groups in total. The molecular formula is C15H21N3O2. The maximum absolute atomic E-state index is 9.91. The van der Waals surface area contributed by atoms with Gasteiger partial charge in [-0.1, -0.05) is 0 Å². The molecule has 0 aliphatic heterocycles. The lowest BCUT2D eigenvalue weighted by Crippen LogP contribution is -2.21. The summed E-state index contributed by atoms with van der Waals surface area (Å²) >= 11 is 0. The summed E-state index contributed by atoms with van der Waals surface area (Å²) in [6.07, 6.45) is 4.79. The lowest BCUT2D eigenvalue weighted by molar-refractivity contribution is 0.407. The fraction of sp³-hybridized carbons (Fsp3) is 0.400. The Morgan fingerprint density at radius 1 is 1.45 bits per heavy atom. The summed E-state index contributed by atoms with van der Waals surface area (Å²) < 4.78 is 6.98. The Hall–Kier alpha value is -2.01. The molecule has 0 fully saturated rings. The molecule has 0 spiro atoms. The molecule has 0 saturated heterocycles. The largest absolute Gasteiger partial charge is 0.508 e. The molecule has 1 aromatic carbocycles. The Labute approximate surface area is 119 Å². The minimum atomic E-state index is 0.0572. The van der Waals surface area contributed by atoms with Crippen LogP contribution in [0.2, 0.25) is 0 Å². The van der Waals surface area contributed by atoms with Gasteiger partial charge in [0.2, 0.25) is 0 Å². The number of hydrogen-bond acceptors (Lipinski definition) is 4. The van der Waals surface area contributed by atoms with Gasteiger partial charge < -0.3 is 15.2 Å². The SMILES string of the molecule is COc1ccc(O)c(C(C)NCCc2cnn(C)c2)c1. The highest BCUT2D eigenvalue weighted by Gasteiger charge is 2.11. The van der Waals surface area contributed by atoms with E-state index in [-0.39, 0.29) is 11.8 Å². The Morgan fingerprint density at radius 3 is 2.90 bits per heavy atom. The highest BCUT2D eigenvalue weighted by Crippen LogP contribution is 2.28. The van der Waals surface area contributed by atoms with Gasteiger partial charge in [0.1, 0.15) is 11.5 Å². The van der Waals surface area contributed by atoms with Crippen molar-refractivity contribution >= 4 is 0 Å². The van der Waals surface area contributed by atoms with E-state index in [2.05, 4.69) is 10.4 Å². The normalized spacial score (nSPS) is 12.3. The zero-order valence-electron chi connectivity index (χ0n) is 12.1. The second-order valence-electron chi connectivity index (χ2n) is 4.87. The Bertz CT molecular complexity index is 566. The maximum atomic E-state index is 9.91. The van der Waals surface area contributed by atoms with Crippen molar-refractivity contribution in [1.82, 2.24) is 15.1 Å². The van der Waals surface area contributed by atoms with E-state index in [1.165, 1.54) is 5.56 Å². The molecule has 1 unspecified atom stereocenters. The van der Waals surface area contributed by atoms with Gasteiger partial charge in [0.15, 0.2) is 0 Å². The van der Waals surface area contributed by atoms with E-state index < -0.39 is 0 Å². The molecule has 2 aromatic rings. The molecule has 20 heavy (non-hydrogen) atoms. The van der Waals surface area contributed by atoms with Crippen molar-refractivity contribution in [2.75, 3.05) is 13.7 Å². The quantitative estimate of drug-likeness (QED) is 0.847. The predicted octanol–water partition coefficient (Wildman–Crippen LogP) is 2.03. The van der Waals surface area contributed by atoms with Gasteiger partial charge in [0.05, 0.1) is 13.3 Å². The predicted molar refractivity (Wildman–Crippen MR) is 78.0 cm³/mol. The molecular weight excluding hydrogens is 254 g/mol. The summed E-state index contributed by atoms with van der Waals surface area (Å²) in [4.78, 5) is 0. The van der Waals surface area contributed by atoms with Crippen molar-refractivity contribution in [3.63, 3.8) is 0 Å². The molecule has 108 valence electrons. The van der Waals surface area contributed by atoms with Crippen molar-refractivity contribution in [3.05, 3.63) is 41.7 Å². The first-order valence-corrected chi connectivity index (χ1v) is 6.68. The molecule has 0 aliphatic carbocycles. The van der Waals surface area contributed by atoms with Crippen molar-refractivity contribution < 1.29 is 9.84 Å². The third-order valence-electron chi connectivity index (χ3n) is 3.32. The smallest absolute Gasteiger partial charge is 0.120 e. The molecule has 0 radical (unpaired) electrons. The number of aryl methyl sites for hydroxylation is 1. The van der Waals surface area contributed by atoms with Crippen LogP contribution in [0.5, 0.6) is 11.5 Å².